The minimum absolute atomic E-state index is 0.0519. The van der Waals surface area contributed by atoms with E-state index in [4.69, 9.17) is 4.74 Å². The molecule has 2 atom stereocenters. The van der Waals surface area contributed by atoms with Gasteiger partial charge in [-0.1, -0.05) is 31.2 Å². The van der Waals surface area contributed by atoms with Crippen molar-refractivity contribution in [2.24, 2.45) is 5.92 Å². The van der Waals surface area contributed by atoms with Gasteiger partial charge in [0.15, 0.2) is 0 Å². The Morgan fingerprint density at radius 2 is 1.94 bits per heavy atom. The molecular weight excluding hydrogens is 200 g/mol. The molecule has 1 aliphatic carbocycles. The Balaban J connectivity index is 1.96. The summed E-state index contributed by atoms with van der Waals surface area (Å²) in [6.45, 7) is 2.17. The lowest BCUT2D eigenvalue weighted by atomic mass is 9.96. The summed E-state index contributed by atoms with van der Waals surface area (Å²) in [5, 5.41) is 0. The van der Waals surface area contributed by atoms with Gasteiger partial charge < -0.3 is 4.74 Å². The normalized spacial score (nSPS) is 24.1. The standard InChI is InChI=1S/C14H16O2/c1-11-7-9-13(10-8-11)16-14(15)12-5-3-2-4-6-12/h2-7,9,11,13H,8,10H2,1H3/t11-,13-/m0/s1. The van der Waals surface area contributed by atoms with Crippen LogP contribution in [0.15, 0.2) is 42.5 Å². The smallest absolute Gasteiger partial charge is 0.338 e. The molecule has 2 heteroatoms. The second kappa shape index (κ2) is 4.97. The van der Waals surface area contributed by atoms with Gasteiger partial charge in [0.2, 0.25) is 0 Å². The summed E-state index contributed by atoms with van der Waals surface area (Å²) in [4.78, 5) is 11.7. The Kier molecular flexibility index (Phi) is 3.40. The van der Waals surface area contributed by atoms with Gasteiger partial charge in [-0.05, 0) is 37.0 Å². The Bertz CT molecular complexity index is 381. The first-order valence-corrected chi connectivity index (χ1v) is 5.70. The van der Waals surface area contributed by atoms with Crippen LogP contribution < -0.4 is 0 Å². The van der Waals surface area contributed by atoms with Gasteiger partial charge in [-0.2, -0.15) is 0 Å². The molecule has 0 N–H and O–H groups in total. The molecule has 0 saturated heterocycles. The number of carbonyl (C=O) groups is 1. The van der Waals surface area contributed by atoms with E-state index < -0.39 is 0 Å². The number of benzene rings is 1. The van der Waals surface area contributed by atoms with Crippen LogP contribution in [0, 0.1) is 5.92 Å². The molecule has 0 aliphatic heterocycles. The van der Waals surface area contributed by atoms with Crippen LogP contribution in [0.2, 0.25) is 0 Å². The maximum Gasteiger partial charge on any atom is 0.338 e. The summed E-state index contributed by atoms with van der Waals surface area (Å²) in [6, 6.07) is 9.12. The van der Waals surface area contributed by atoms with E-state index in [9.17, 15) is 4.79 Å². The molecule has 0 fully saturated rings. The number of ether oxygens (including phenoxy) is 1. The first-order valence-electron chi connectivity index (χ1n) is 5.70. The summed E-state index contributed by atoms with van der Waals surface area (Å²) >= 11 is 0. The molecule has 0 aromatic heterocycles. The average molecular weight is 216 g/mol. The third-order valence-corrected chi connectivity index (χ3v) is 2.83. The Labute approximate surface area is 95.9 Å². The highest BCUT2D eigenvalue weighted by atomic mass is 16.5. The molecule has 0 bridgehead atoms. The lowest BCUT2D eigenvalue weighted by molar-refractivity contribution is 0.0362. The fourth-order valence-electron chi connectivity index (χ4n) is 1.81. The number of hydrogen-bond donors (Lipinski definition) is 0. The van der Waals surface area contributed by atoms with E-state index in [-0.39, 0.29) is 12.1 Å². The minimum Gasteiger partial charge on any atom is -0.455 e. The van der Waals surface area contributed by atoms with Gasteiger partial charge in [0.05, 0.1) is 5.56 Å². The summed E-state index contributed by atoms with van der Waals surface area (Å²) in [6.07, 6.45) is 6.07. The van der Waals surface area contributed by atoms with Crippen LogP contribution in [0.25, 0.3) is 0 Å². The molecule has 1 aliphatic rings. The monoisotopic (exact) mass is 216 g/mol. The second-order valence-corrected chi connectivity index (χ2v) is 4.25. The van der Waals surface area contributed by atoms with Crippen molar-refractivity contribution < 1.29 is 9.53 Å². The van der Waals surface area contributed by atoms with Gasteiger partial charge in [0, 0.05) is 0 Å². The van der Waals surface area contributed by atoms with Crippen LogP contribution in [0.1, 0.15) is 30.1 Å². The fourth-order valence-corrected chi connectivity index (χ4v) is 1.81. The quantitative estimate of drug-likeness (QED) is 0.560. The SMILES string of the molecule is C[C@H]1C=C[C@H](OC(=O)c2ccccc2)CC1. The average Bonchev–Trinajstić information content (AvgIpc) is 2.33. The van der Waals surface area contributed by atoms with Crippen molar-refractivity contribution in [3.63, 3.8) is 0 Å². The van der Waals surface area contributed by atoms with Crippen molar-refractivity contribution in [1.82, 2.24) is 0 Å². The van der Waals surface area contributed by atoms with E-state index in [1.807, 2.05) is 24.3 Å². The lowest BCUT2D eigenvalue weighted by Crippen LogP contribution is -2.19. The van der Waals surface area contributed by atoms with E-state index in [1.165, 1.54) is 0 Å². The third-order valence-electron chi connectivity index (χ3n) is 2.83. The second-order valence-electron chi connectivity index (χ2n) is 4.25. The number of allylic oxidation sites excluding steroid dienone is 1. The largest absolute Gasteiger partial charge is 0.455 e. The van der Waals surface area contributed by atoms with Gasteiger partial charge in [-0.3, -0.25) is 0 Å². The van der Waals surface area contributed by atoms with E-state index in [0.29, 0.717) is 11.5 Å². The molecule has 0 amide bonds. The Hall–Kier alpha value is -1.57. The summed E-state index contributed by atoms with van der Waals surface area (Å²) in [5.74, 6) is 0.372. The topological polar surface area (TPSA) is 26.3 Å². The highest BCUT2D eigenvalue weighted by Gasteiger charge is 2.17. The molecule has 2 rings (SSSR count). The first kappa shape index (κ1) is 10.9. The summed E-state index contributed by atoms with van der Waals surface area (Å²) < 4.78 is 5.40. The van der Waals surface area contributed by atoms with Crippen molar-refractivity contribution in [3.05, 3.63) is 48.0 Å². The molecule has 0 spiro atoms. The summed E-state index contributed by atoms with van der Waals surface area (Å²) in [7, 11) is 0. The van der Waals surface area contributed by atoms with Crippen molar-refractivity contribution in [2.45, 2.75) is 25.9 Å². The van der Waals surface area contributed by atoms with E-state index in [0.717, 1.165) is 12.8 Å². The molecule has 1 aromatic carbocycles. The molecule has 0 heterocycles. The van der Waals surface area contributed by atoms with Gasteiger partial charge >= 0.3 is 5.97 Å². The van der Waals surface area contributed by atoms with Crippen LogP contribution in [0.4, 0.5) is 0 Å². The van der Waals surface area contributed by atoms with Crippen LogP contribution in [0.5, 0.6) is 0 Å². The van der Waals surface area contributed by atoms with Gasteiger partial charge in [-0.15, -0.1) is 0 Å². The van der Waals surface area contributed by atoms with Crippen molar-refractivity contribution >= 4 is 5.97 Å². The van der Waals surface area contributed by atoms with E-state index in [1.54, 1.807) is 12.1 Å². The highest BCUT2D eigenvalue weighted by Crippen LogP contribution is 2.19. The lowest BCUT2D eigenvalue weighted by Gasteiger charge is -2.20. The van der Waals surface area contributed by atoms with Crippen LogP contribution in [-0.2, 0) is 4.74 Å². The van der Waals surface area contributed by atoms with Crippen molar-refractivity contribution in [2.75, 3.05) is 0 Å². The zero-order chi connectivity index (χ0) is 11.4. The molecular formula is C14H16O2. The molecule has 0 radical (unpaired) electrons. The van der Waals surface area contributed by atoms with Gasteiger partial charge in [0.25, 0.3) is 0 Å². The molecule has 1 aromatic rings. The van der Waals surface area contributed by atoms with Crippen LogP contribution >= 0.6 is 0 Å². The molecule has 84 valence electrons. The Morgan fingerprint density at radius 3 is 2.56 bits per heavy atom. The van der Waals surface area contributed by atoms with Gasteiger partial charge in [0.1, 0.15) is 6.10 Å². The third kappa shape index (κ3) is 2.72. The number of esters is 1. The summed E-state index contributed by atoms with van der Waals surface area (Å²) in [5.41, 5.74) is 0.620. The van der Waals surface area contributed by atoms with E-state index in [2.05, 4.69) is 13.0 Å². The predicted molar refractivity (Wildman–Crippen MR) is 63.2 cm³/mol. The molecule has 0 saturated carbocycles. The van der Waals surface area contributed by atoms with Gasteiger partial charge in [-0.25, -0.2) is 4.79 Å². The van der Waals surface area contributed by atoms with E-state index >= 15 is 0 Å². The minimum atomic E-state index is -0.232. The predicted octanol–water partition coefficient (Wildman–Crippen LogP) is 3.20. The first-order chi connectivity index (χ1) is 7.75. The number of carbonyl (C=O) groups excluding carboxylic acids is 1. The molecule has 2 nitrogen and oxygen atoms in total. The maximum absolute atomic E-state index is 11.7. The zero-order valence-electron chi connectivity index (χ0n) is 9.43. The van der Waals surface area contributed by atoms with Crippen molar-refractivity contribution in [1.29, 1.82) is 0 Å². The van der Waals surface area contributed by atoms with Crippen LogP contribution in [0.3, 0.4) is 0 Å². The zero-order valence-corrected chi connectivity index (χ0v) is 9.43. The molecule has 16 heavy (non-hydrogen) atoms. The fraction of sp³-hybridized carbons (Fsp3) is 0.357. The molecule has 0 unspecified atom stereocenters. The highest BCUT2D eigenvalue weighted by molar-refractivity contribution is 5.89. The van der Waals surface area contributed by atoms with Crippen molar-refractivity contribution in [3.8, 4) is 0 Å². The van der Waals surface area contributed by atoms with Crippen LogP contribution in [-0.4, -0.2) is 12.1 Å². The maximum atomic E-state index is 11.7. The number of hydrogen-bond acceptors (Lipinski definition) is 2. The Morgan fingerprint density at radius 1 is 1.19 bits per heavy atom. The number of rotatable bonds is 2.